The fraction of sp³-hybridized carbons (Fsp3) is 0.333. The first-order valence-electron chi connectivity index (χ1n) is 12.3. The topological polar surface area (TPSA) is 49.4 Å². The Morgan fingerprint density at radius 1 is 0.861 bits per heavy atom. The summed E-state index contributed by atoms with van der Waals surface area (Å²) < 4.78 is 0. The van der Waals surface area contributed by atoms with Gasteiger partial charge in [0.1, 0.15) is 6.04 Å². The van der Waals surface area contributed by atoms with Gasteiger partial charge in [-0.2, -0.15) is 0 Å². The van der Waals surface area contributed by atoms with Crippen LogP contribution in [0.25, 0.3) is 0 Å². The Morgan fingerprint density at radius 2 is 1.56 bits per heavy atom. The minimum Gasteiger partial charge on any atom is -0.352 e. The van der Waals surface area contributed by atoms with Gasteiger partial charge < -0.3 is 10.2 Å². The third kappa shape index (κ3) is 7.59. The molecule has 0 aromatic heterocycles. The first-order valence-corrected chi connectivity index (χ1v) is 13.1. The van der Waals surface area contributed by atoms with Crippen molar-refractivity contribution in [2.75, 3.05) is 0 Å². The van der Waals surface area contributed by atoms with Crippen molar-refractivity contribution in [2.24, 2.45) is 0 Å². The van der Waals surface area contributed by atoms with Crippen LogP contribution < -0.4 is 5.32 Å². The Morgan fingerprint density at radius 3 is 2.19 bits per heavy atom. The van der Waals surface area contributed by atoms with E-state index in [4.69, 9.17) is 23.2 Å². The molecule has 0 heterocycles. The van der Waals surface area contributed by atoms with E-state index in [1.807, 2.05) is 82.3 Å². The highest BCUT2D eigenvalue weighted by atomic mass is 35.5. The van der Waals surface area contributed by atoms with Crippen molar-refractivity contribution in [1.29, 1.82) is 0 Å². The summed E-state index contributed by atoms with van der Waals surface area (Å²) in [6.07, 6.45) is 1.40. The molecular weight excluding hydrogens is 491 g/mol. The number of carbonyl (C=O) groups is 2. The van der Waals surface area contributed by atoms with Gasteiger partial charge in [-0.25, -0.2) is 0 Å². The summed E-state index contributed by atoms with van der Waals surface area (Å²) in [6.45, 7) is 8.32. The summed E-state index contributed by atoms with van der Waals surface area (Å²) in [5, 5.41) is 3.96. The van der Waals surface area contributed by atoms with Crippen LogP contribution in [0.4, 0.5) is 0 Å². The van der Waals surface area contributed by atoms with Crippen molar-refractivity contribution in [2.45, 2.75) is 65.6 Å². The van der Waals surface area contributed by atoms with Crippen LogP contribution in [0.1, 0.15) is 48.1 Å². The number of hydrogen-bond donors (Lipinski definition) is 1. The number of halogens is 2. The number of amides is 2. The first kappa shape index (κ1) is 27.8. The predicted molar refractivity (Wildman–Crippen MR) is 148 cm³/mol. The Kier molecular flexibility index (Phi) is 9.98. The zero-order valence-electron chi connectivity index (χ0n) is 21.4. The van der Waals surface area contributed by atoms with Crippen LogP contribution in [0.2, 0.25) is 10.0 Å². The fourth-order valence-corrected chi connectivity index (χ4v) is 4.34. The number of nitrogens with one attached hydrogen (secondary N) is 1. The van der Waals surface area contributed by atoms with Crippen LogP contribution in [0.5, 0.6) is 0 Å². The van der Waals surface area contributed by atoms with E-state index in [1.54, 1.807) is 17.0 Å². The molecule has 0 saturated heterocycles. The maximum absolute atomic E-state index is 13.8. The molecule has 36 heavy (non-hydrogen) atoms. The summed E-state index contributed by atoms with van der Waals surface area (Å²) in [6, 6.07) is 20.5. The van der Waals surface area contributed by atoms with Gasteiger partial charge in [-0.1, -0.05) is 84.7 Å². The minimum atomic E-state index is -0.685. The largest absolute Gasteiger partial charge is 0.352 e. The van der Waals surface area contributed by atoms with Crippen molar-refractivity contribution in [3.8, 4) is 0 Å². The maximum atomic E-state index is 13.8. The van der Waals surface area contributed by atoms with Gasteiger partial charge in [0.05, 0.1) is 16.5 Å². The number of aryl methyl sites for hydroxylation is 2. The van der Waals surface area contributed by atoms with Crippen molar-refractivity contribution in [3.63, 3.8) is 0 Å². The molecule has 0 fully saturated rings. The van der Waals surface area contributed by atoms with E-state index < -0.39 is 6.04 Å². The average molecular weight is 526 g/mol. The molecule has 0 aliphatic rings. The summed E-state index contributed by atoms with van der Waals surface area (Å²) in [4.78, 5) is 29.1. The number of hydrogen-bond acceptors (Lipinski definition) is 2. The Balaban J connectivity index is 2.00. The molecule has 2 amide bonds. The number of carbonyl (C=O) groups excluding carboxylic acids is 2. The maximum Gasteiger partial charge on any atom is 0.243 e. The van der Waals surface area contributed by atoms with Gasteiger partial charge in [0, 0.05) is 19.0 Å². The number of rotatable bonds is 10. The molecule has 0 radical (unpaired) electrons. The molecule has 3 aromatic carbocycles. The standard InChI is InChI=1S/C30H34Cl2N2O2/c1-5-22(4)33-30(36)28(17-23-9-7-6-8-10-23)34(19-25-13-14-26(31)27(32)16-25)29(35)18-24-12-11-20(2)21(3)15-24/h6-16,22,28H,5,17-19H2,1-4H3,(H,33,36)/t22-,28+/m1/s1. The van der Waals surface area contributed by atoms with Gasteiger partial charge in [-0.15, -0.1) is 0 Å². The Hall–Kier alpha value is -2.82. The van der Waals surface area contributed by atoms with Gasteiger partial charge in [-0.05, 0) is 67.1 Å². The molecule has 0 saturated carbocycles. The third-order valence-corrected chi connectivity index (χ3v) is 7.27. The quantitative estimate of drug-likeness (QED) is 0.320. The number of benzene rings is 3. The summed E-state index contributed by atoms with van der Waals surface area (Å²) in [5.41, 5.74) is 5.02. The van der Waals surface area contributed by atoms with E-state index >= 15 is 0 Å². The lowest BCUT2D eigenvalue weighted by atomic mass is 10.00. The van der Waals surface area contributed by atoms with E-state index in [9.17, 15) is 9.59 Å². The van der Waals surface area contributed by atoms with Gasteiger partial charge >= 0.3 is 0 Å². The normalized spacial score (nSPS) is 12.6. The fourth-order valence-electron chi connectivity index (χ4n) is 4.02. The molecular formula is C30H34Cl2N2O2. The molecule has 3 rings (SSSR count). The molecule has 0 bridgehead atoms. The van der Waals surface area contributed by atoms with Crippen LogP contribution in [-0.4, -0.2) is 28.8 Å². The van der Waals surface area contributed by atoms with Gasteiger partial charge in [0.15, 0.2) is 0 Å². The molecule has 1 N–H and O–H groups in total. The highest BCUT2D eigenvalue weighted by molar-refractivity contribution is 6.42. The van der Waals surface area contributed by atoms with Gasteiger partial charge in [-0.3, -0.25) is 9.59 Å². The monoisotopic (exact) mass is 524 g/mol. The minimum absolute atomic E-state index is 0.00236. The Bertz CT molecular complexity index is 1200. The zero-order valence-corrected chi connectivity index (χ0v) is 22.9. The molecule has 2 atom stereocenters. The van der Waals surface area contributed by atoms with E-state index in [-0.39, 0.29) is 30.8 Å². The number of nitrogens with zero attached hydrogens (tertiary/aromatic N) is 1. The first-order chi connectivity index (χ1) is 17.2. The SMILES string of the molecule is CC[C@@H](C)NC(=O)[C@H](Cc1ccccc1)N(Cc1ccc(Cl)c(Cl)c1)C(=O)Cc1ccc(C)c(C)c1. The van der Waals surface area contributed by atoms with Crippen molar-refractivity contribution in [3.05, 3.63) is 105 Å². The van der Waals surface area contributed by atoms with Crippen LogP contribution in [0.3, 0.4) is 0 Å². The molecule has 190 valence electrons. The summed E-state index contributed by atoms with van der Waals surface area (Å²) in [7, 11) is 0. The van der Waals surface area contributed by atoms with Gasteiger partial charge in [0.25, 0.3) is 0 Å². The summed E-state index contributed by atoms with van der Waals surface area (Å²) >= 11 is 12.4. The van der Waals surface area contributed by atoms with E-state index in [0.717, 1.165) is 28.7 Å². The molecule has 0 aliphatic carbocycles. The average Bonchev–Trinajstić information content (AvgIpc) is 2.86. The highest BCUT2D eigenvalue weighted by Crippen LogP contribution is 2.25. The van der Waals surface area contributed by atoms with Crippen molar-refractivity contribution in [1.82, 2.24) is 10.2 Å². The zero-order chi connectivity index (χ0) is 26.2. The van der Waals surface area contributed by atoms with Crippen LogP contribution in [0, 0.1) is 13.8 Å². The lowest BCUT2D eigenvalue weighted by molar-refractivity contribution is -0.141. The van der Waals surface area contributed by atoms with Gasteiger partial charge in [0.2, 0.25) is 11.8 Å². The highest BCUT2D eigenvalue weighted by Gasteiger charge is 2.31. The van der Waals surface area contributed by atoms with Crippen molar-refractivity contribution >= 4 is 35.0 Å². The second kappa shape index (κ2) is 12.9. The molecule has 6 heteroatoms. The smallest absolute Gasteiger partial charge is 0.243 e. The van der Waals surface area contributed by atoms with E-state index in [1.165, 1.54) is 5.56 Å². The lowest BCUT2D eigenvalue weighted by Crippen LogP contribution is -2.52. The molecule has 4 nitrogen and oxygen atoms in total. The molecule has 3 aromatic rings. The van der Waals surface area contributed by atoms with Crippen molar-refractivity contribution < 1.29 is 9.59 Å². The van der Waals surface area contributed by atoms with Crippen LogP contribution in [-0.2, 0) is 29.0 Å². The lowest BCUT2D eigenvalue weighted by Gasteiger charge is -2.32. The van der Waals surface area contributed by atoms with E-state index in [0.29, 0.717) is 16.5 Å². The third-order valence-electron chi connectivity index (χ3n) is 6.54. The summed E-state index contributed by atoms with van der Waals surface area (Å²) in [5.74, 6) is -0.286. The van der Waals surface area contributed by atoms with Crippen LogP contribution in [0.15, 0.2) is 66.7 Å². The van der Waals surface area contributed by atoms with Crippen LogP contribution >= 0.6 is 23.2 Å². The second-order valence-electron chi connectivity index (χ2n) is 9.39. The van der Waals surface area contributed by atoms with E-state index in [2.05, 4.69) is 5.32 Å². The Labute approximate surface area is 224 Å². The molecule has 0 aliphatic heterocycles. The second-order valence-corrected chi connectivity index (χ2v) is 10.2. The molecule has 0 unspecified atom stereocenters. The molecule has 0 spiro atoms. The predicted octanol–water partition coefficient (Wildman–Crippen LogP) is 6.71.